The van der Waals surface area contributed by atoms with Gasteiger partial charge in [0.1, 0.15) is 16.0 Å². The molecular formula is C24H27ClF2N8OS3. The second-order valence-electron chi connectivity index (χ2n) is 9.89. The monoisotopic (exact) mass is 612 g/mol. The largest absolute Gasteiger partial charge is 0.309 e. The molecule has 5 rings (SSSR count). The standard InChI is InChI=1S/C24H27ClF2N8OS3/c1-13-15(5-6-17(29-13)38(28)10-9-34(3)4)16-11-14(39(36)33-24(2)7-8-24)12-35-18(16)19(25)30-21(35)23-32-31-22(37-23)20(26)27/h5-6,11-12,20,28,33H,7-10H2,1-4H3. The van der Waals surface area contributed by atoms with Crippen molar-refractivity contribution in [1.29, 1.82) is 4.78 Å². The zero-order valence-corrected chi connectivity index (χ0v) is 24.9. The fraction of sp³-hybridized carbons (Fsp3) is 0.417. The molecule has 1 aliphatic carbocycles. The summed E-state index contributed by atoms with van der Waals surface area (Å²) in [5, 5.41) is 8.09. The molecule has 4 aromatic rings. The number of hydrogen-bond acceptors (Lipinski definition) is 8. The molecule has 0 radical (unpaired) electrons. The predicted molar refractivity (Wildman–Crippen MR) is 151 cm³/mol. The highest BCUT2D eigenvalue weighted by molar-refractivity contribution is 7.86. The molecule has 0 aromatic carbocycles. The maximum Gasteiger partial charge on any atom is 0.291 e. The molecule has 4 heterocycles. The molecule has 0 aliphatic heterocycles. The van der Waals surface area contributed by atoms with Crippen LogP contribution in [0.25, 0.3) is 27.5 Å². The maximum absolute atomic E-state index is 13.4. The van der Waals surface area contributed by atoms with Crippen molar-refractivity contribution in [3.8, 4) is 22.0 Å². The molecule has 2 N–H and O–H groups in total. The fourth-order valence-corrected chi connectivity index (χ4v) is 7.32. The lowest BCUT2D eigenvalue weighted by molar-refractivity contribution is 0.150. The second kappa shape index (κ2) is 11.0. The molecule has 0 bridgehead atoms. The van der Waals surface area contributed by atoms with Crippen LogP contribution in [0.2, 0.25) is 5.15 Å². The summed E-state index contributed by atoms with van der Waals surface area (Å²) in [7, 11) is 1.60. The van der Waals surface area contributed by atoms with Gasteiger partial charge in [-0.2, -0.15) is 0 Å². The van der Waals surface area contributed by atoms with Gasteiger partial charge in [0.05, 0.1) is 10.4 Å². The topological polar surface area (TPSA) is 112 Å². The van der Waals surface area contributed by atoms with Crippen molar-refractivity contribution in [3.63, 3.8) is 0 Å². The van der Waals surface area contributed by atoms with Gasteiger partial charge in [0.25, 0.3) is 6.43 Å². The third kappa shape index (κ3) is 5.95. The van der Waals surface area contributed by atoms with E-state index in [2.05, 4.69) is 19.9 Å². The lowest BCUT2D eigenvalue weighted by Crippen LogP contribution is -2.29. The highest BCUT2D eigenvalue weighted by Gasteiger charge is 2.39. The van der Waals surface area contributed by atoms with Crippen LogP contribution in [0, 0.1) is 11.7 Å². The fourth-order valence-electron chi connectivity index (χ4n) is 3.93. The average molecular weight is 613 g/mol. The van der Waals surface area contributed by atoms with Gasteiger partial charge in [-0.05, 0) is 59.0 Å². The van der Waals surface area contributed by atoms with Gasteiger partial charge in [-0.1, -0.05) is 33.6 Å². The zero-order chi connectivity index (χ0) is 28.1. The van der Waals surface area contributed by atoms with Crippen molar-refractivity contribution in [3.05, 3.63) is 40.3 Å². The number of alkyl halides is 2. The Balaban J connectivity index is 1.65. The Kier molecular flexibility index (Phi) is 7.97. The Bertz CT molecular complexity index is 1600. The quantitative estimate of drug-likeness (QED) is 0.252. The molecule has 1 aliphatic rings. The summed E-state index contributed by atoms with van der Waals surface area (Å²) in [6.07, 6.45) is 0.728. The van der Waals surface area contributed by atoms with Crippen molar-refractivity contribution in [2.24, 2.45) is 0 Å². The number of nitrogens with one attached hydrogen (secondary N) is 2. The van der Waals surface area contributed by atoms with Crippen LogP contribution in [0.5, 0.6) is 0 Å². The number of halogens is 3. The third-order valence-corrected chi connectivity index (χ3v) is 10.2. The first kappa shape index (κ1) is 28.3. The van der Waals surface area contributed by atoms with Crippen molar-refractivity contribution in [2.45, 2.75) is 48.6 Å². The molecule has 4 aromatic heterocycles. The molecule has 2 unspecified atom stereocenters. The molecule has 2 atom stereocenters. The SMILES string of the molecule is Cc1nc(S(=N)CCN(C)C)ccc1-c1cc(S(=O)NC2(C)CC2)cn2c(-c3nnc(C(F)F)s3)nc(Cl)c12. The summed E-state index contributed by atoms with van der Waals surface area (Å²) in [6, 6.07) is 5.52. The summed E-state index contributed by atoms with van der Waals surface area (Å²) in [4.78, 5) is 11.7. The van der Waals surface area contributed by atoms with Gasteiger partial charge in [-0.25, -0.2) is 27.7 Å². The Labute approximate surface area is 238 Å². The van der Waals surface area contributed by atoms with Crippen molar-refractivity contribution >= 4 is 50.1 Å². The lowest BCUT2D eigenvalue weighted by atomic mass is 10.0. The molecule has 0 amide bonds. The smallest absolute Gasteiger partial charge is 0.291 e. The molecule has 15 heteroatoms. The van der Waals surface area contributed by atoms with E-state index in [0.717, 1.165) is 36.3 Å². The number of rotatable bonds is 10. The molecule has 39 heavy (non-hydrogen) atoms. The molecule has 0 saturated heterocycles. The van der Waals surface area contributed by atoms with E-state index in [1.54, 1.807) is 16.7 Å². The van der Waals surface area contributed by atoms with Crippen molar-refractivity contribution in [2.75, 3.05) is 26.4 Å². The molecule has 9 nitrogen and oxygen atoms in total. The highest BCUT2D eigenvalue weighted by atomic mass is 35.5. The van der Waals surface area contributed by atoms with Crippen LogP contribution in [0.15, 0.2) is 34.3 Å². The summed E-state index contributed by atoms with van der Waals surface area (Å²) < 4.78 is 53.2. The van der Waals surface area contributed by atoms with Crippen molar-refractivity contribution in [1.82, 2.24) is 34.2 Å². The zero-order valence-electron chi connectivity index (χ0n) is 21.7. The maximum atomic E-state index is 13.4. The first-order chi connectivity index (χ1) is 18.5. The number of nitrogens with zero attached hydrogens (tertiary/aromatic N) is 6. The van der Waals surface area contributed by atoms with Crippen LogP contribution in [0.4, 0.5) is 8.78 Å². The minimum atomic E-state index is -2.76. The second-order valence-corrected chi connectivity index (χ2v) is 14.1. The number of imidazole rings is 1. The normalized spacial score (nSPS) is 16.3. The molecule has 1 saturated carbocycles. The first-order valence-corrected chi connectivity index (χ1v) is 15.8. The summed E-state index contributed by atoms with van der Waals surface area (Å²) >= 11 is 7.37. The molecular weight excluding hydrogens is 586 g/mol. The number of fused-ring (bicyclic) bond motifs is 1. The van der Waals surface area contributed by atoms with E-state index >= 15 is 0 Å². The minimum absolute atomic E-state index is 0.142. The third-order valence-electron chi connectivity index (χ3n) is 6.38. The van der Waals surface area contributed by atoms with Gasteiger partial charge in [-0.15, -0.1) is 10.2 Å². The number of pyridine rings is 2. The van der Waals surface area contributed by atoms with Crippen molar-refractivity contribution < 1.29 is 13.0 Å². The van der Waals surface area contributed by atoms with Gasteiger partial charge in [0, 0.05) is 40.9 Å². The van der Waals surface area contributed by atoms with Crippen LogP contribution in [0.3, 0.4) is 0 Å². The Morgan fingerprint density at radius 1 is 1.26 bits per heavy atom. The van der Waals surface area contributed by atoms with E-state index in [4.69, 9.17) is 21.4 Å². The lowest BCUT2D eigenvalue weighted by Gasteiger charge is -2.15. The summed E-state index contributed by atoms with van der Waals surface area (Å²) in [6.45, 7) is 4.65. The van der Waals surface area contributed by atoms with Crippen LogP contribution < -0.4 is 4.72 Å². The van der Waals surface area contributed by atoms with E-state index in [0.29, 0.717) is 32.4 Å². The van der Waals surface area contributed by atoms with Crippen LogP contribution in [-0.4, -0.2) is 65.6 Å². The van der Waals surface area contributed by atoms with Gasteiger partial charge in [-0.3, -0.25) is 9.18 Å². The number of aryl methyl sites for hydroxylation is 1. The molecule has 0 spiro atoms. The Morgan fingerprint density at radius 2 is 2.00 bits per heavy atom. The predicted octanol–water partition coefficient (Wildman–Crippen LogP) is 5.28. The van der Waals surface area contributed by atoms with E-state index < -0.39 is 33.1 Å². The van der Waals surface area contributed by atoms with Crippen LogP contribution in [0.1, 0.15) is 36.9 Å². The van der Waals surface area contributed by atoms with E-state index in [-0.39, 0.29) is 21.5 Å². The number of aromatic nitrogens is 5. The summed E-state index contributed by atoms with van der Waals surface area (Å²) in [5.41, 5.74) is 2.37. The van der Waals surface area contributed by atoms with Gasteiger partial charge in [0.2, 0.25) is 0 Å². The minimum Gasteiger partial charge on any atom is -0.309 e. The summed E-state index contributed by atoms with van der Waals surface area (Å²) in [5.74, 6) is 0.901. The Hall–Kier alpha value is -2.23. The van der Waals surface area contributed by atoms with E-state index in [9.17, 15) is 13.0 Å². The van der Waals surface area contributed by atoms with E-state index in [1.165, 1.54) is 0 Å². The van der Waals surface area contributed by atoms with Gasteiger partial charge >= 0.3 is 0 Å². The highest BCUT2D eigenvalue weighted by Crippen LogP contribution is 2.39. The average Bonchev–Trinajstić information content (AvgIpc) is 3.26. The molecule has 208 valence electrons. The first-order valence-electron chi connectivity index (χ1n) is 12.0. The van der Waals surface area contributed by atoms with Crippen LogP contribution >= 0.6 is 22.9 Å². The Morgan fingerprint density at radius 3 is 2.62 bits per heavy atom. The van der Waals surface area contributed by atoms with Crippen LogP contribution in [-0.2, 0) is 21.7 Å². The molecule has 1 fully saturated rings. The van der Waals surface area contributed by atoms with Gasteiger partial charge < -0.3 is 4.90 Å². The van der Waals surface area contributed by atoms with Gasteiger partial charge in [0.15, 0.2) is 21.0 Å². The van der Waals surface area contributed by atoms with E-state index in [1.807, 2.05) is 45.0 Å². The number of hydrogen-bond donors (Lipinski definition) is 2.